The second-order valence-corrected chi connectivity index (χ2v) is 5.52. The van der Waals surface area contributed by atoms with Crippen LogP contribution in [0.25, 0.3) is 4.96 Å². The van der Waals surface area contributed by atoms with Crippen molar-refractivity contribution in [2.45, 2.75) is 33.8 Å². The van der Waals surface area contributed by atoms with Crippen molar-refractivity contribution in [1.29, 1.82) is 0 Å². The zero-order valence-electron chi connectivity index (χ0n) is 11.3. The fourth-order valence-electron chi connectivity index (χ4n) is 2.09. The van der Waals surface area contributed by atoms with E-state index in [9.17, 15) is 5.11 Å². The Morgan fingerprint density at radius 1 is 1.50 bits per heavy atom. The number of aliphatic hydroxyl groups is 1. The number of rotatable bonds is 6. The summed E-state index contributed by atoms with van der Waals surface area (Å²) in [6, 6.07) is 0. The summed E-state index contributed by atoms with van der Waals surface area (Å²) in [4.78, 5) is 7.87. The molecule has 2 aromatic heterocycles. The first-order valence-electron chi connectivity index (χ1n) is 6.51. The van der Waals surface area contributed by atoms with E-state index in [1.807, 2.05) is 16.0 Å². The van der Waals surface area contributed by atoms with E-state index in [0.29, 0.717) is 5.92 Å². The Kier molecular flexibility index (Phi) is 4.24. The van der Waals surface area contributed by atoms with Gasteiger partial charge in [0, 0.05) is 24.7 Å². The van der Waals surface area contributed by atoms with Gasteiger partial charge in [-0.25, -0.2) is 4.98 Å². The van der Waals surface area contributed by atoms with Crippen LogP contribution >= 0.6 is 11.3 Å². The molecule has 0 aliphatic carbocycles. The van der Waals surface area contributed by atoms with Gasteiger partial charge in [-0.05, 0) is 12.8 Å². The molecule has 0 saturated carbocycles. The molecule has 1 N–H and O–H groups in total. The van der Waals surface area contributed by atoms with Gasteiger partial charge in [0.15, 0.2) is 10.8 Å². The molecule has 0 spiro atoms. The summed E-state index contributed by atoms with van der Waals surface area (Å²) in [6.45, 7) is 8.53. The Balaban J connectivity index is 2.34. The van der Waals surface area contributed by atoms with Crippen molar-refractivity contribution in [2.24, 2.45) is 5.92 Å². The molecule has 1 atom stereocenters. The van der Waals surface area contributed by atoms with Crippen LogP contribution in [-0.2, 0) is 6.61 Å². The molecule has 2 heterocycles. The van der Waals surface area contributed by atoms with Crippen molar-refractivity contribution < 1.29 is 5.11 Å². The average molecular weight is 267 g/mol. The summed E-state index contributed by atoms with van der Waals surface area (Å²) in [5, 5.41) is 11.6. The molecule has 0 aromatic carbocycles. The molecular formula is C13H21N3OS. The molecule has 2 rings (SSSR count). The fraction of sp³-hybridized carbons (Fsp3) is 0.615. The third-order valence-electron chi connectivity index (χ3n) is 3.40. The van der Waals surface area contributed by atoms with Crippen LogP contribution in [0.5, 0.6) is 0 Å². The van der Waals surface area contributed by atoms with Crippen molar-refractivity contribution >= 4 is 22.1 Å². The summed E-state index contributed by atoms with van der Waals surface area (Å²) in [7, 11) is 0. The van der Waals surface area contributed by atoms with Crippen LogP contribution in [-0.4, -0.2) is 27.6 Å². The summed E-state index contributed by atoms with van der Waals surface area (Å²) >= 11 is 1.60. The Bertz CT molecular complexity index is 505. The van der Waals surface area contributed by atoms with E-state index < -0.39 is 0 Å². The number of hydrogen-bond donors (Lipinski definition) is 1. The molecule has 5 heteroatoms. The highest BCUT2D eigenvalue weighted by molar-refractivity contribution is 7.15. The van der Waals surface area contributed by atoms with Gasteiger partial charge in [-0.15, -0.1) is 11.3 Å². The molecule has 1 unspecified atom stereocenters. The van der Waals surface area contributed by atoms with Crippen LogP contribution in [0.2, 0.25) is 0 Å². The second-order valence-electron chi connectivity index (χ2n) is 4.65. The maximum atomic E-state index is 9.58. The molecule has 0 fully saturated rings. The zero-order chi connectivity index (χ0) is 13.1. The molecule has 4 nitrogen and oxygen atoms in total. The van der Waals surface area contributed by atoms with Gasteiger partial charge >= 0.3 is 0 Å². The number of nitrogens with zero attached hydrogens (tertiary/aromatic N) is 3. The lowest BCUT2D eigenvalue weighted by Crippen LogP contribution is -2.29. The number of aliphatic hydroxyl groups excluding tert-OH is 1. The minimum atomic E-state index is 0.0320. The first-order chi connectivity index (χ1) is 8.71. The first-order valence-corrected chi connectivity index (χ1v) is 7.39. The smallest absolute Gasteiger partial charge is 0.195 e. The topological polar surface area (TPSA) is 40.8 Å². The van der Waals surface area contributed by atoms with E-state index in [0.717, 1.165) is 36.0 Å². The van der Waals surface area contributed by atoms with Crippen LogP contribution in [0, 0.1) is 5.92 Å². The maximum absolute atomic E-state index is 9.58. The summed E-state index contributed by atoms with van der Waals surface area (Å²) in [6.07, 6.45) is 3.13. The normalized spacial score (nSPS) is 13.1. The lowest BCUT2D eigenvalue weighted by atomic mass is 10.1. The van der Waals surface area contributed by atoms with Gasteiger partial charge in [-0.2, -0.15) is 0 Å². The lowest BCUT2D eigenvalue weighted by Gasteiger charge is -2.24. The molecule has 100 valence electrons. The van der Waals surface area contributed by atoms with Crippen LogP contribution in [0.15, 0.2) is 11.6 Å². The van der Waals surface area contributed by atoms with E-state index >= 15 is 0 Å². The second kappa shape index (κ2) is 5.71. The molecule has 0 saturated heterocycles. The highest BCUT2D eigenvalue weighted by Crippen LogP contribution is 2.25. The van der Waals surface area contributed by atoms with Crippen molar-refractivity contribution in [3.05, 3.63) is 17.3 Å². The molecule has 0 bridgehead atoms. The molecule has 0 aliphatic heterocycles. The summed E-state index contributed by atoms with van der Waals surface area (Å²) in [5.74, 6) is 1.57. The first kappa shape index (κ1) is 13.4. The number of fused-ring (bicyclic) bond motifs is 1. The monoisotopic (exact) mass is 267 g/mol. The molecule has 18 heavy (non-hydrogen) atoms. The quantitative estimate of drug-likeness (QED) is 0.875. The summed E-state index contributed by atoms with van der Waals surface area (Å²) < 4.78 is 1.99. The van der Waals surface area contributed by atoms with E-state index in [-0.39, 0.29) is 6.61 Å². The van der Waals surface area contributed by atoms with Gasteiger partial charge in [0.25, 0.3) is 0 Å². The lowest BCUT2D eigenvalue weighted by molar-refractivity contribution is 0.276. The number of aromatic nitrogens is 2. The number of anilines is 1. The SMILES string of the molecule is CCC(C)CN(CC)c1nc2sccn2c1CO. The van der Waals surface area contributed by atoms with E-state index in [4.69, 9.17) is 0 Å². The maximum Gasteiger partial charge on any atom is 0.195 e. The van der Waals surface area contributed by atoms with Crippen LogP contribution in [0.1, 0.15) is 32.9 Å². The third-order valence-corrected chi connectivity index (χ3v) is 4.16. The van der Waals surface area contributed by atoms with Gasteiger partial charge in [-0.1, -0.05) is 20.3 Å². The van der Waals surface area contributed by atoms with E-state index in [1.54, 1.807) is 11.3 Å². The third kappa shape index (κ3) is 2.37. The Labute approximate surface area is 112 Å². The van der Waals surface area contributed by atoms with Gasteiger partial charge in [0.05, 0.1) is 12.3 Å². The Hall–Kier alpha value is -1.07. The standard InChI is InChI=1S/C13H21N3OS/c1-4-10(3)8-15(5-2)12-11(9-17)16-6-7-18-13(16)14-12/h6-7,10,17H,4-5,8-9H2,1-3H3. The van der Waals surface area contributed by atoms with Gasteiger partial charge in [-0.3, -0.25) is 4.40 Å². The predicted octanol–water partition coefficient (Wildman–Crippen LogP) is 2.76. The van der Waals surface area contributed by atoms with Crippen molar-refractivity contribution in [3.8, 4) is 0 Å². The summed E-state index contributed by atoms with van der Waals surface area (Å²) in [5.41, 5.74) is 0.899. The van der Waals surface area contributed by atoms with Gasteiger partial charge in [0.2, 0.25) is 0 Å². The van der Waals surface area contributed by atoms with Crippen molar-refractivity contribution in [1.82, 2.24) is 9.38 Å². The largest absolute Gasteiger partial charge is 0.390 e. The van der Waals surface area contributed by atoms with E-state index in [2.05, 4.69) is 30.7 Å². The van der Waals surface area contributed by atoms with Crippen LogP contribution < -0.4 is 4.90 Å². The molecular weight excluding hydrogens is 246 g/mol. The Morgan fingerprint density at radius 2 is 2.28 bits per heavy atom. The Morgan fingerprint density at radius 3 is 2.89 bits per heavy atom. The highest BCUT2D eigenvalue weighted by Gasteiger charge is 2.18. The average Bonchev–Trinajstić information content (AvgIpc) is 2.95. The molecule has 0 radical (unpaired) electrons. The van der Waals surface area contributed by atoms with Crippen LogP contribution in [0.3, 0.4) is 0 Å². The number of imidazole rings is 1. The molecule has 0 amide bonds. The fourth-order valence-corrected chi connectivity index (χ4v) is 2.82. The highest BCUT2D eigenvalue weighted by atomic mass is 32.1. The minimum absolute atomic E-state index is 0.0320. The molecule has 0 aliphatic rings. The zero-order valence-corrected chi connectivity index (χ0v) is 12.1. The minimum Gasteiger partial charge on any atom is -0.390 e. The van der Waals surface area contributed by atoms with Gasteiger partial charge < -0.3 is 10.0 Å². The predicted molar refractivity (Wildman–Crippen MR) is 76.3 cm³/mol. The number of thiazole rings is 1. The molecule has 2 aromatic rings. The van der Waals surface area contributed by atoms with Crippen LogP contribution in [0.4, 0.5) is 5.82 Å². The van der Waals surface area contributed by atoms with E-state index in [1.165, 1.54) is 0 Å². The van der Waals surface area contributed by atoms with Crippen molar-refractivity contribution in [2.75, 3.05) is 18.0 Å². The van der Waals surface area contributed by atoms with Crippen molar-refractivity contribution in [3.63, 3.8) is 0 Å². The number of hydrogen-bond acceptors (Lipinski definition) is 4. The van der Waals surface area contributed by atoms with Gasteiger partial charge in [0.1, 0.15) is 0 Å².